The first-order valence-electron chi connectivity index (χ1n) is 13.0. The molecule has 39 heavy (non-hydrogen) atoms. The fourth-order valence-corrected chi connectivity index (χ4v) is 4.56. The number of piperazine rings is 1. The van der Waals surface area contributed by atoms with Crippen LogP contribution in [-0.4, -0.2) is 64.3 Å². The Kier molecular flexibility index (Phi) is 9.09. The molecule has 1 aromatic heterocycles. The van der Waals surface area contributed by atoms with E-state index < -0.39 is 6.09 Å². The highest BCUT2D eigenvalue weighted by Gasteiger charge is 2.23. The van der Waals surface area contributed by atoms with Gasteiger partial charge in [-0.3, -0.25) is 9.59 Å². The summed E-state index contributed by atoms with van der Waals surface area (Å²) in [7, 11) is 1.30. The van der Waals surface area contributed by atoms with Gasteiger partial charge < -0.3 is 34.9 Å². The van der Waals surface area contributed by atoms with Crippen LogP contribution in [0.1, 0.15) is 38.7 Å². The van der Waals surface area contributed by atoms with Crippen LogP contribution in [0.2, 0.25) is 0 Å². The van der Waals surface area contributed by atoms with E-state index in [2.05, 4.69) is 55.6 Å². The fourth-order valence-electron chi connectivity index (χ4n) is 4.56. The van der Waals surface area contributed by atoms with Gasteiger partial charge in [0.2, 0.25) is 0 Å². The molecule has 3 amide bonds. The van der Waals surface area contributed by atoms with Crippen molar-refractivity contribution >= 4 is 35.0 Å². The van der Waals surface area contributed by atoms with E-state index in [0.717, 1.165) is 31.9 Å². The molecule has 0 bridgehead atoms. The largest absolute Gasteiger partial charge is 0.456 e. The van der Waals surface area contributed by atoms with Crippen LogP contribution in [0.3, 0.4) is 0 Å². The number of amides is 3. The molecule has 0 radical (unpaired) electrons. The molecule has 10 heteroatoms. The molecule has 0 atom stereocenters. The first kappa shape index (κ1) is 27.6. The van der Waals surface area contributed by atoms with Crippen molar-refractivity contribution in [2.24, 2.45) is 0 Å². The molecular weight excluding hydrogens is 498 g/mol. The monoisotopic (exact) mass is 533 g/mol. The van der Waals surface area contributed by atoms with Gasteiger partial charge in [-0.15, -0.1) is 0 Å². The lowest BCUT2D eigenvalue weighted by molar-refractivity contribution is 0.0951. The minimum absolute atomic E-state index is 0.204. The molecule has 2 aromatic carbocycles. The number of rotatable bonds is 9. The molecule has 1 aliphatic heterocycles. The highest BCUT2D eigenvalue weighted by atomic mass is 16.5. The predicted molar refractivity (Wildman–Crippen MR) is 151 cm³/mol. The minimum atomic E-state index is -0.510. The summed E-state index contributed by atoms with van der Waals surface area (Å²) < 4.78 is 10.0. The smallest absolute Gasteiger partial charge is 0.406 e. The van der Waals surface area contributed by atoms with Crippen molar-refractivity contribution < 1.29 is 23.5 Å². The lowest BCUT2D eigenvalue weighted by Gasteiger charge is -2.38. The zero-order chi connectivity index (χ0) is 27.8. The molecule has 10 nitrogen and oxygen atoms in total. The maximum atomic E-state index is 13.0. The van der Waals surface area contributed by atoms with Crippen molar-refractivity contribution in [2.75, 3.05) is 61.5 Å². The molecule has 1 saturated heterocycles. The van der Waals surface area contributed by atoms with Crippen LogP contribution < -0.4 is 25.8 Å². The summed E-state index contributed by atoms with van der Waals surface area (Å²) in [6, 6.07) is 17.0. The summed E-state index contributed by atoms with van der Waals surface area (Å²) in [5, 5.41) is 8.38. The first-order chi connectivity index (χ1) is 18.9. The van der Waals surface area contributed by atoms with E-state index in [0.29, 0.717) is 36.5 Å². The molecule has 0 saturated carbocycles. The Morgan fingerprint density at radius 3 is 2.21 bits per heavy atom. The number of anilines is 3. The van der Waals surface area contributed by atoms with Gasteiger partial charge in [-0.25, -0.2) is 4.79 Å². The maximum Gasteiger partial charge on any atom is 0.406 e. The molecule has 3 aromatic rings. The fraction of sp³-hybridized carbons (Fsp3) is 0.345. The van der Waals surface area contributed by atoms with Crippen LogP contribution >= 0.6 is 0 Å². The van der Waals surface area contributed by atoms with Crippen molar-refractivity contribution in [1.29, 1.82) is 0 Å². The molecule has 0 aliphatic carbocycles. The number of furan rings is 1. The summed E-state index contributed by atoms with van der Waals surface area (Å²) in [6.45, 7) is 7.83. The summed E-state index contributed by atoms with van der Waals surface area (Å²) in [4.78, 5) is 41.6. The standard InChI is InChI=1S/C29H35N5O5/c1-20-7-4-5-8-24(20)33-15-17-34(18-16-33)25-11-10-22(27(35)30-13-6-14-31-29(37)38-3)19-23(25)32-28(36)26-12-9-21(2)39-26/h4-5,7-12,19H,6,13-18H2,1-3H3,(H,30,35)(H,31,37)(H,32,36). The molecule has 1 fully saturated rings. The highest BCUT2D eigenvalue weighted by Crippen LogP contribution is 2.30. The van der Waals surface area contributed by atoms with Crippen LogP contribution in [0.5, 0.6) is 0 Å². The average Bonchev–Trinajstić information content (AvgIpc) is 3.39. The number of carbonyl (C=O) groups is 3. The number of nitrogens with zero attached hydrogens (tertiary/aromatic N) is 2. The van der Waals surface area contributed by atoms with E-state index in [4.69, 9.17) is 4.42 Å². The highest BCUT2D eigenvalue weighted by molar-refractivity contribution is 6.05. The third-order valence-corrected chi connectivity index (χ3v) is 6.64. The van der Waals surface area contributed by atoms with Crippen LogP contribution in [-0.2, 0) is 4.74 Å². The number of para-hydroxylation sites is 1. The van der Waals surface area contributed by atoms with Gasteiger partial charge in [-0.05, 0) is 62.2 Å². The Hall–Kier alpha value is -4.47. The number of hydrogen-bond acceptors (Lipinski definition) is 7. The lowest BCUT2D eigenvalue weighted by Crippen LogP contribution is -2.47. The van der Waals surface area contributed by atoms with E-state index in [9.17, 15) is 14.4 Å². The first-order valence-corrected chi connectivity index (χ1v) is 13.0. The Morgan fingerprint density at radius 2 is 1.54 bits per heavy atom. The van der Waals surface area contributed by atoms with Gasteiger partial charge in [0.15, 0.2) is 5.76 Å². The van der Waals surface area contributed by atoms with E-state index in [1.165, 1.54) is 18.4 Å². The second-order valence-corrected chi connectivity index (χ2v) is 9.38. The predicted octanol–water partition coefficient (Wildman–Crippen LogP) is 3.95. The number of ether oxygens (including phenoxy) is 1. The SMILES string of the molecule is COC(=O)NCCCNC(=O)c1ccc(N2CCN(c3ccccc3C)CC2)c(NC(=O)c2ccc(C)o2)c1. The van der Waals surface area contributed by atoms with Gasteiger partial charge in [0.05, 0.1) is 18.5 Å². The van der Waals surface area contributed by atoms with Crippen LogP contribution in [0.25, 0.3) is 0 Å². The van der Waals surface area contributed by atoms with Gasteiger partial charge in [0, 0.05) is 50.5 Å². The van der Waals surface area contributed by atoms with E-state index in [1.807, 2.05) is 12.1 Å². The normalized spacial score (nSPS) is 13.1. The molecule has 1 aliphatic rings. The molecule has 4 rings (SSSR count). The van der Waals surface area contributed by atoms with Crippen molar-refractivity contribution in [3.05, 3.63) is 77.2 Å². The number of hydrogen-bond donors (Lipinski definition) is 3. The summed E-state index contributed by atoms with van der Waals surface area (Å²) in [6.07, 6.45) is 0.0368. The Morgan fingerprint density at radius 1 is 0.846 bits per heavy atom. The van der Waals surface area contributed by atoms with Crippen molar-refractivity contribution in [2.45, 2.75) is 20.3 Å². The molecule has 2 heterocycles. The molecule has 3 N–H and O–H groups in total. The zero-order valence-electron chi connectivity index (χ0n) is 22.6. The molecule has 206 valence electrons. The van der Waals surface area contributed by atoms with Crippen molar-refractivity contribution in [3.8, 4) is 0 Å². The summed E-state index contributed by atoms with van der Waals surface area (Å²) in [5.41, 5.74) is 4.27. The summed E-state index contributed by atoms with van der Waals surface area (Å²) in [5.74, 6) is 0.195. The van der Waals surface area contributed by atoms with Crippen LogP contribution in [0.4, 0.5) is 21.9 Å². The Balaban J connectivity index is 1.47. The molecule has 0 unspecified atom stereocenters. The quantitative estimate of drug-likeness (QED) is 0.357. The number of aryl methyl sites for hydroxylation is 2. The number of carbonyl (C=O) groups excluding carboxylic acids is 3. The van der Waals surface area contributed by atoms with Gasteiger partial charge >= 0.3 is 6.09 Å². The number of nitrogens with one attached hydrogen (secondary N) is 3. The van der Waals surface area contributed by atoms with E-state index >= 15 is 0 Å². The Bertz CT molecular complexity index is 1310. The summed E-state index contributed by atoms with van der Waals surface area (Å²) >= 11 is 0. The van der Waals surface area contributed by atoms with E-state index in [-0.39, 0.29) is 17.6 Å². The average molecular weight is 534 g/mol. The molecule has 0 spiro atoms. The van der Waals surface area contributed by atoms with Gasteiger partial charge in [0.25, 0.3) is 11.8 Å². The minimum Gasteiger partial charge on any atom is -0.456 e. The number of alkyl carbamates (subject to hydrolysis) is 1. The van der Waals surface area contributed by atoms with E-state index in [1.54, 1.807) is 31.2 Å². The third kappa shape index (κ3) is 7.10. The third-order valence-electron chi connectivity index (χ3n) is 6.64. The molecular formula is C29H35N5O5. The van der Waals surface area contributed by atoms with Gasteiger partial charge in [0.1, 0.15) is 5.76 Å². The van der Waals surface area contributed by atoms with Gasteiger partial charge in [-0.1, -0.05) is 18.2 Å². The number of benzene rings is 2. The second kappa shape index (κ2) is 12.9. The number of methoxy groups -OCH3 is 1. The topological polar surface area (TPSA) is 116 Å². The lowest BCUT2D eigenvalue weighted by atomic mass is 10.1. The van der Waals surface area contributed by atoms with Gasteiger partial charge in [-0.2, -0.15) is 0 Å². The second-order valence-electron chi connectivity index (χ2n) is 9.38. The maximum absolute atomic E-state index is 13.0. The van der Waals surface area contributed by atoms with Crippen LogP contribution in [0.15, 0.2) is 59.0 Å². The van der Waals surface area contributed by atoms with Crippen LogP contribution in [0, 0.1) is 13.8 Å². The van der Waals surface area contributed by atoms with Crippen molar-refractivity contribution in [3.63, 3.8) is 0 Å². The zero-order valence-corrected chi connectivity index (χ0v) is 22.6. The Labute approximate surface area is 228 Å². The van der Waals surface area contributed by atoms with Crippen molar-refractivity contribution in [1.82, 2.24) is 10.6 Å².